The largest absolute Gasteiger partial charge is 0.350 e. The lowest BCUT2D eigenvalue weighted by Crippen LogP contribution is -2.27. The highest BCUT2D eigenvalue weighted by molar-refractivity contribution is 5.79. The molecule has 0 aliphatic carbocycles. The van der Waals surface area contributed by atoms with Gasteiger partial charge in [-0.15, -0.1) is 0 Å². The zero-order valence-corrected chi connectivity index (χ0v) is 18.3. The predicted molar refractivity (Wildman–Crippen MR) is 127 cm³/mol. The minimum absolute atomic E-state index is 0.00507. The van der Waals surface area contributed by atoms with Gasteiger partial charge in [-0.25, -0.2) is 14.6 Å². The van der Waals surface area contributed by atoms with Gasteiger partial charge in [0, 0.05) is 18.5 Å². The van der Waals surface area contributed by atoms with Crippen LogP contribution in [0, 0.1) is 0 Å². The first-order valence-corrected chi connectivity index (χ1v) is 10.9. The van der Waals surface area contributed by atoms with Gasteiger partial charge in [0.1, 0.15) is 18.5 Å². The maximum Gasteiger partial charge on any atom is 0.220 e. The van der Waals surface area contributed by atoms with Crippen molar-refractivity contribution in [1.29, 1.82) is 0 Å². The molecule has 5 rings (SSSR count). The summed E-state index contributed by atoms with van der Waals surface area (Å²) in [7, 11) is 0. The Morgan fingerprint density at radius 2 is 1.70 bits per heavy atom. The lowest BCUT2D eigenvalue weighted by molar-refractivity contribution is -0.121. The van der Waals surface area contributed by atoms with E-state index < -0.39 is 0 Å². The molecule has 2 heterocycles. The first-order valence-electron chi connectivity index (χ1n) is 10.9. The fourth-order valence-electron chi connectivity index (χ4n) is 3.99. The van der Waals surface area contributed by atoms with Gasteiger partial charge in [0.15, 0.2) is 0 Å². The second-order valence-corrected chi connectivity index (χ2v) is 7.91. The summed E-state index contributed by atoms with van der Waals surface area (Å²) in [6.45, 7) is 1.99. The molecule has 33 heavy (non-hydrogen) atoms. The lowest BCUT2D eigenvalue weighted by atomic mass is 10.1. The normalized spacial score (nSPS) is 12.0. The Kier molecular flexibility index (Phi) is 5.68. The molecule has 7 heteroatoms. The van der Waals surface area contributed by atoms with Gasteiger partial charge in [0.2, 0.25) is 5.91 Å². The predicted octanol–water partition coefficient (Wildman–Crippen LogP) is 4.42. The zero-order valence-electron chi connectivity index (χ0n) is 18.3. The van der Waals surface area contributed by atoms with Crippen LogP contribution in [-0.4, -0.2) is 30.2 Å². The molecule has 3 aromatic carbocycles. The Hall–Kier alpha value is -4.26. The first kappa shape index (κ1) is 20.6. The fraction of sp³-hybridized carbons (Fsp3) is 0.154. The fourth-order valence-corrected chi connectivity index (χ4v) is 3.99. The van der Waals surface area contributed by atoms with E-state index in [9.17, 15) is 4.79 Å². The minimum atomic E-state index is -0.102. The average molecular weight is 437 g/mol. The van der Waals surface area contributed by atoms with Crippen LogP contribution in [0.5, 0.6) is 0 Å². The molecule has 164 valence electrons. The van der Waals surface area contributed by atoms with Crippen LogP contribution < -0.4 is 5.32 Å². The molecular formula is C26H24N6O. The van der Waals surface area contributed by atoms with Crippen LogP contribution in [0.1, 0.15) is 30.8 Å². The van der Waals surface area contributed by atoms with E-state index >= 15 is 0 Å². The number of aryl methyl sites for hydroxylation is 1. The van der Waals surface area contributed by atoms with E-state index in [1.165, 1.54) is 6.33 Å². The summed E-state index contributed by atoms with van der Waals surface area (Å²) >= 11 is 0. The number of aromatic nitrogens is 5. The van der Waals surface area contributed by atoms with Gasteiger partial charge in [-0.1, -0.05) is 42.5 Å². The van der Waals surface area contributed by atoms with Gasteiger partial charge in [-0.3, -0.25) is 9.36 Å². The van der Waals surface area contributed by atoms with Crippen LogP contribution in [0.25, 0.3) is 22.4 Å². The summed E-state index contributed by atoms with van der Waals surface area (Å²) in [5, 5.41) is 7.24. The SMILES string of the molecule is CC(NC(=O)CCc1nc2ccccc2n1-c1ccccc1)c1ccc(-n2cncn2)cc1. The van der Waals surface area contributed by atoms with Crippen LogP contribution in [0.2, 0.25) is 0 Å². The van der Waals surface area contributed by atoms with Crippen molar-refractivity contribution in [3.05, 3.63) is 103 Å². The number of amides is 1. The maximum absolute atomic E-state index is 12.7. The van der Waals surface area contributed by atoms with Crippen molar-refractivity contribution in [1.82, 2.24) is 29.6 Å². The molecule has 7 nitrogen and oxygen atoms in total. The summed E-state index contributed by atoms with van der Waals surface area (Å²) in [5.74, 6) is 0.872. The topological polar surface area (TPSA) is 77.6 Å². The van der Waals surface area contributed by atoms with Gasteiger partial charge in [0.25, 0.3) is 0 Å². The van der Waals surface area contributed by atoms with E-state index in [2.05, 4.69) is 38.2 Å². The molecule has 2 aromatic heterocycles. The quantitative estimate of drug-likeness (QED) is 0.410. The number of nitrogens with one attached hydrogen (secondary N) is 1. The standard InChI is InChI=1S/C26H24N6O/c1-19(20-11-13-21(14-12-20)31-18-27-17-28-31)29-26(33)16-15-25-30-23-9-5-6-10-24(23)32(25)22-7-3-2-4-8-22/h2-14,17-19H,15-16H2,1H3,(H,29,33). The Labute approximate surface area is 191 Å². The molecule has 1 atom stereocenters. The third-order valence-corrected chi connectivity index (χ3v) is 5.67. The molecule has 5 aromatic rings. The number of para-hydroxylation sites is 3. The van der Waals surface area contributed by atoms with E-state index in [1.54, 1.807) is 11.0 Å². The van der Waals surface area contributed by atoms with Crippen LogP contribution in [0.15, 0.2) is 91.5 Å². The summed E-state index contributed by atoms with van der Waals surface area (Å²) < 4.78 is 3.83. The zero-order chi connectivity index (χ0) is 22.6. The third kappa shape index (κ3) is 4.39. The molecule has 0 aliphatic heterocycles. The molecule has 0 saturated carbocycles. The molecule has 1 unspecified atom stereocenters. The van der Waals surface area contributed by atoms with E-state index in [4.69, 9.17) is 4.98 Å². The van der Waals surface area contributed by atoms with Gasteiger partial charge < -0.3 is 5.32 Å². The second kappa shape index (κ2) is 9.08. The van der Waals surface area contributed by atoms with Crippen molar-refractivity contribution in [3.63, 3.8) is 0 Å². The van der Waals surface area contributed by atoms with Crippen LogP contribution in [0.3, 0.4) is 0 Å². The average Bonchev–Trinajstić information content (AvgIpc) is 3.51. The Balaban J connectivity index is 1.28. The smallest absolute Gasteiger partial charge is 0.220 e. The van der Waals surface area contributed by atoms with Crippen molar-refractivity contribution in [3.8, 4) is 11.4 Å². The van der Waals surface area contributed by atoms with Crippen molar-refractivity contribution in [2.45, 2.75) is 25.8 Å². The van der Waals surface area contributed by atoms with Gasteiger partial charge >= 0.3 is 0 Å². The highest BCUT2D eigenvalue weighted by atomic mass is 16.1. The number of imidazole rings is 1. The number of hydrogen-bond donors (Lipinski definition) is 1. The van der Waals surface area contributed by atoms with E-state index in [0.717, 1.165) is 33.8 Å². The number of carbonyl (C=O) groups excluding carboxylic acids is 1. The minimum Gasteiger partial charge on any atom is -0.350 e. The summed E-state index contributed by atoms with van der Waals surface area (Å²) in [5.41, 5.74) is 4.97. The first-order chi connectivity index (χ1) is 16.2. The van der Waals surface area contributed by atoms with Crippen LogP contribution in [0.4, 0.5) is 0 Å². The van der Waals surface area contributed by atoms with Gasteiger partial charge in [-0.2, -0.15) is 5.10 Å². The van der Waals surface area contributed by atoms with Crippen molar-refractivity contribution < 1.29 is 4.79 Å². The number of benzene rings is 3. The highest BCUT2D eigenvalue weighted by Crippen LogP contribution is 2.22. The summed E-state index contributed by atoms with van der Waals surface area (Å²) in [6, 6.07) is 26.0. The third-order valence-electron chi connectivity index (χ3n) is 5.67. The number of carbonyl (C=O) groups is 1. The Bertz CT molecular complexity index is 1360. The molecule has 0 spiro atoms. The second-order valence-electron chi connectivity index (χ2n) is 7.91. The molecule has 0 fully saturated rings. The highest BCUT2D eigenvalue weighted by Gasteiger charge is 2.15. The van der Waals surface area contributed by atoms with Crippen molar-refractivity contribution in [2.75, 3.05) is 0 Å². The Morgan fingerprint density at radius 3 is 2.45 bits per heavy atom. The Morgan fingerprint density at radius 1 is 0.939 bits per heavy atom. The number of nitrogens with zero attached hydrogens (tertiary/aromatic N) is 5. The molecule has 1 N–H and O–H groups in total. The lowest BCUT2D eigenvalue weighted by Gasteiger charge is -2.15. The van der Waals surface area contributed by atoms with Crippen LogP contribution >= 0.6 is 0 Å². The molecule has 1 amide bonds. The van der Waals surface area contributed by atoms with Gasteiger partial charge in [0.05, 0.1) is 22.8 Å². The number of fused-ring (bicyclic) bond motifs is 1. The van der Waals surface area contributed by atoms with Crippen LogP contribution in [-0.2, 0) is 11.2 Å². The number of hydrogen-bond acceptors (Lipinski definition) is 4. The van der Waals surface area contributed by atoms with E-state index in [-0.39, 0.29) is 11.9 Å². The molecular weight excluding hydrogens is 412 g/mol. The monoisotopic (exact) mass is 436 g/mol. The van der Waals surface area contributed by atoms with Crippen molar-refractivity contribution >= 4 is 16.9 Å². The summed E-state index contributed by atoms with van der Waals surface area (Å²) in [6.07, 6.45) is 4.07. The summed E-state index contributed by atoms with van der Waals surface area (Å²) in [4.78, 5) is 21.5. The number of rotatable bonds is 7. The molecule has 0 radical (unpaired) electrons. The molecule has 0 bridgehead atoms. The van der Waals surface area contributed by atoms with E-state index in [1.807, 2.05) is 67.6 Å². The molecule has 0 saturated heterocycles. The van der Waals surface area contributed by atoms with Gasteiger partial charge in [-0.05, 0) is 48.9 Å². The maximum atomic E-state index is 12.7. The molecule has 0 aliphatic rings. The van der Waals surface area contributed by atoms with Crippen molar-refractivity contribution in [2.24, 2.45) is 0 Å². The van der Waals surface area contributed by atoms with E-state index in [0.29, 0.717) is 12.8 Å².